The van der Waals surface area contributed by atoms with Crippen molar-refractivity contribution < 1.29 is 17.9 Å². The monoisotopic (exact) mass is 274 g/mol. The molecule has 0 saturated carbocycles. The summed E-state index contributed by atoms with van der Waals surface area (Å²) in [5.41, 5.74) is 4.56. The summed E-state index contributed by atoms with van der Waals surface area (Å²) in [5.74, 6) is 0. The third kappa shape index (κ3) is 2.78. The second kappa shape index (κ2) is 4.59. The molecule has 2 rings (SSSR count). The van der Waals surface area contributed by atoms with Gasteiger partial charge >= 0.3 is 6.18 Å². The van der Waals surface area contributed by atoms with Crippen molar-refractivity contribution in [2.75, 3.05) is 30.4 Å². The van der Waals surface area contributed by atoms with E-state index in [1.807, 2.05) is 18.7 Å². The van der Waals surface area contributed by atoms with Gasteiger partial charge in [0.1, 0.15) is 0 Å². The standard InChI is InChI=1S/C13H17F3N2O/c1-12(2)8-19-6-5-18(12)9-3-4-11(17)10(7-9)13(14,15)16/h3-4,7H,5-6,8,17H2,1-2H3. The topological polar surface area (TPSA) is 38.5 Å². The van der Waals surface area contributed by atoms with Gasteiger partial charge in [0.2, 0.25) is 0 Å². The molecular formula is C13H17F3N2O. The van der Waals surface area contributed by atoms with E-state index < -0.39 is 11.7 Å². The van der Waals surface area contributed by atoms with Crippen LogP contribution in [0.4, 0.5) is 24.5 Å². The fraction of sp³-hybridized carbons (Fsp3) is 0.538. The highest BCUT2D eigenvalue weighted by Gasteiger charge is 2.36. The van der Waals surface area contributed by atoms with E-state index in [4.69, 9.17) is 10.5 Å². The van der Waals surface area contributed by atoms with Gasteiger partial charge in [-0.05, 0) is 32.0 Å². The smallest absolute Gasteiger partial charge is 0.398 e. The van der Waals surface area contributed by atoms with Gasteiger partial charge in [-0.3, -0.25) is 0 Å². The largest absolute Gasteiger partial charge is 0.418 e. The summed E-state index contributed by atoms with van der Waals surface area (Å²) >= 11 is 0. The number of hydrogen-bond acceptors (Lipinski definition) is 3. The summed E-state index contributed by atoms with van der Waals surface area (Å²) in [7, 11) is 0. The Kier molecular flexibility index (Phi) is 3.38. The molecule has 0 amide bonds. The van der Waals surface area contributed by atoms with Crippen molar-refractivity contribution in [2.24, 2.45) is 0 Å². The second-order valence-corrected chi connectivity index (χ2v) is 5.29. The van der Waals surface area contributed by atoms with E-state index in [0.717, 1.165) is 6.07 Å². The normalized spacial score (nSPS) is 19.5. The number of halogens is 3. The van der Waals surface area contributed by atoms with Crippen LogP contribution in [-0.4, -0.2) is 25.3 Å². The van der Waals surface area contributed by atoms with E-state index in [0.29, 0.717) is 25.4 Å². The van der Waals surface area contributed by atoms with Gasteiger partial charge in [-0.15, -0.1) is 0 Å². The maximum Gasteiger partial charge on any atom is 0.418 e. The quantitative estimate of drug-likeness (QED) is 0.800. The van der Waals surface area contributed by atoms with E-state index >= 15 is 0 Å². The lowest BCUT2D eigenvalue weighted by atomic mass is 10.0. The zero-order chi connectivity index (χ0) is 14.3. The molecule has 1 aliphatic rings. The summed E-state index contributed by atoms with van der Waals surface area (Å²) in [5, 5.41) is 0. The van der Waals surface area contributed by atoms with Crippen molar-refractivity contribution in [3.8, 4) is 0 Å². The molecule has 1 aliphatic heterocycles. The molecule has 1 aromatic carbocycles. The molecule has 1 aromatic rings. The molecule has 0 spiro atoms. The van der Waals surface area contributed by atoms with Gasteiger partial charge < -0.3 is 15.4 Å². The molecule has 1 heterocycles. The molecule has 0 aromatic heterocycles. The van der Waals surface area contributed by atoms with Gasteiger partial charge in [0.25, 0.3) is 0 Å². The predicted octanol–water partition coefficient (Wildman–Crippen LogP) is 2.90. The van der Waals surface area contributed by atoms with Crippen LogP contribution >= 0.6 is 0 Å². The van der Waals surface area contributed by atoms with Gasteiger partial charge in [-0.25, -0.2) is 0 Å². The van der Waals surface area contributed by atoms with Crippen LogP contribution < -0.4 is 10.6 Å². The van der Waals surface area contributed by atoms with Crippen molar-refractivity contribution in [2.45, 2.75) is 25.6 Å². The zero-order valence-corrected chi connectivity index (χ0v) is 10.9. The number of nitrogen functional groups attached to an aromatic ring is 1. The van der Waals surface area contributed by atoms with Gasteiger partial charge in [-0.1, -0.05) is 0 Å². The highest BCUT2D eigenvalue weighted by molar-refractivity contribution is 5.60. The SMILES string of the molecule is CC1(C)COCCN1c1ccc(N)c(C(F)(F)F)c1. The molecule has 0 bridgehead atoms. The Morgan fingerprint density at radius 3 is 2.58 bits per heavy atom. The average molecular weight is 274 g/mol. The fourth-order valence-electron chi connectivity index (χ4n) is 2.29. The first-order valence-electron chi connectivity index (χ1n) is 6.04. The van der Waals surface area contributed by atoms with Crippen LogP contribution in [0.15, 0.2) is 18.2 Å². The molecule has 1 fully saturated rings. The lowest BCUT2D eigenvalue weighted by Crippen LogP contribution is -2.53. The predicted molar refractivity (Wildman–Crippen MR) is 68.1 cm³/mol. The Morgan fingerprint density at radius 1 is 1.32 bits per heavy atom. The molecule has 6 heteroatoms. The molecule has 106 valence electrons. The number of rotatable bonds is 1. The minimum absolute atomic E-state index is 0.248. The molecule has 0 radical (unpaired) electrons. The maximum absolute atomic E-state index is 12.9. The summed E-state index contributed by atoms with van der Waals surface area (Å²) in [6.07, 6.45) is -4.43. The van der Waals surface area contributed by atoms with Crippen molar-refractivity contribution >= 4 is 11.4 Å². The van der Waals surface area contributed by atoms with Crippen molar-refractivity contribution in [1.82, 2.24) is 0 Å². The number of hydrogen-bond donors (Lipinski definition) is 1. The fourth-order valence-corrected chi connectivity index (χ4v) is 2.29. The summed E-state index contributed by atoms with van der Waals surface area (Å²) in [6.45, 7) is 5.44. The Balaban J connectivity index is 2.40. The molecule has 19 heavy (non-hydrogen) atoms. The van der Waals surface area contributed by atoms with E-state index in [1.165, 1.54) is 6.07 Å². The van der Waals surface area contributed by atoms with E-state index in [-0.39, 0.29) is 11.2 Å². The van der Waals surface area contributed by atoms with Gasteiger partial charge in [0.05, 0.1) is 24.3 Å². The molecule has 3 nitrogen and oxygen atoms in total. The molecule has 0 unspecified atom stereocenters. The van der Waals surface area contributed by atoms with Gasteiger partial charge in [0.15, 0.2) is 0 Å². The molecular weight excluding hydrogens is 257 g/mol. The number of nitrogens with two attached hydrogens (primary N) is 1. The van der Waals surface area contributed by atoms with Crippen molar-refractivity contribution in [3.05, 3.63) is 23.8 Å². The van der Waals surface area contributed by atoms with Crippen LogP contribution in [0.5, 0.6) is 0 Å². The molecule has 0 atom stereocenters. The minimum atomic E-state index is -4.43. The first-order chi connectivity index (χ1) is 8.72. The average Bonchev–Trinajstić information content (AvgIpc) is 2.28. The van der Waals surface area contributed by atoms with Crippen molar-refractivity contribution in [3.63, 3.8) is 0 Å². The lowest BCUT2D eigenvalue weighted by molar-refractivity contribution is -0.136. The van der Waals surface area contributed by atoms with E-state index in [2.05, 4.69) is 0 Å². The zero-order valence-electron chi connectivity index (χ0n) is 10.9. The van der Waals surface area contributed by atoms with Crippen LogP contribution in [0.2, 0.25) is 0 Å². The molecule has 0 aliphatic carbocycles. The second-order valence-electron chi connectivity index (χ2n) is 5.29. The Morgan fingerprint density at radius 2 is 2.00 bits per heavy atom. The van der Waals surface area contributed by atoms with Crippen LogP contribution in [0.3, 0.4) is 0 Å². The van der Waals surface area contributed by atoms with E-state index in [1.54, 1.807) is 6.07 Å². The van der Waals surface area contributed by atoms with Crippen LogP contribution in [0, 0.1) is 0 Å². The minimum Gasteiger partial charge on any atom is -0.398 e. The maximum atomic E-state index is 12.9. The third-order valence-corrected chi connectivity index (χ3v) is 3.30. The number of alkyl halides is 3. The Labute approximate surface area is 110 Å². The van der Waals surface area contributed by atoms with Gasteiger partial charge in [-0.2, -0.15) is 13.2 Å². The number of morpholine rings is 1. The summed E-state index contributed by atoms with van der Waals surface area (Å²) in [6, 6.07) is 4.05. The first kappa shape index (κ1) is 14.0. The summed E-state index contributed by atoms with van der Waals surface area (Å²) in [4.78, 5) is 1.92. The van der Waals surface area contributed by atoms with E-state index in [9.17, 15) is 13.2 Å². The van der Waals surface area contributed by atoms with Crippen LogP contribution in [0.1, 0.15) is 19.4 Å². The lowest BCUT2D eigenvalue weighted by Gasteiger charge is -2.44. The highest BCUT2D eigenvalue weighted by Crippen LogP contribution is 2.37. The third-order valence-electron chi connectivity index (χ3n) is 3.30. The Bertz CT molecular complexity index is 471. The summed E-state index contributed by atoms with van der Waals surface area (Å²) < 4.78 is 44.0. The van der Waals surface area contributed by atoms with Gasteiger partial charge in [0, 0.05) is 17.9 Å². The molecule has 1 saturated heterocycles. The Hall–Kier alpha value is -1.43. The van der Waals surface area contributed by atoms with Crippen LogP contribution in [0.25, 0.3) is 0 Å². The van der Waals surface area contributed by atoms with Crippen LogP contribution in [-0.2, 0) is 10.9 Å². The number of anilines is 2. The van der Waals surface area contributed by atoms with Crippen molar-refractivity contribution in [1.29, 1.82) is 0 Å². The number of benzene rings is 1. The first-order valence-corrected chi connectivity index (χ1v) is 6.04. The number of ether oxygens (including phenoxy) is 1. The number of nitrogens with zero attached hydrogens (tertiary/aromatic N) is 1. The highest BCUT2D eigenvalue weighted by atomic mass is 19.4. The molecule has 2 N–H and O–H groups in total.